The van der Waals surface area contributed by atoms with Gasteiger partial charge in [-0.05, 0) is 73.2 Å². The standard InChI is InChI=1S/C17H17N3O4S.C16H15N3O4S/c1-19-15-8-11(3-6-16(15)24-17(19)21)12-7-13(10-18-9-12)20(2)25(22,23)14-4-5-14;1-19-14-7-10(2-5-15(14)23-16(19)20)11-6-12(9-17-8-11)18-24(21,22)13-3-4-13/h3,6-10,14H,4-5H2,1-2H3;2,5-9,13,18H,3-4H2,1H3. The van der Waals surface area contributed by atoms with Crippen LogP contribution >= 0.6 is 0 Å². The van der Waals surface area contributed by atoms with Gasteiger partial charge in [-0.2, -0.15) is 0 Å². The van der Waals surface area contributed by atoms with Gasteiger partial charge in [-0.25, -0.2) is 26.4 Å². The van der Waals surface area contributed by atoms with Gasteiger partial charge in [0, 0.05) is 44.7 Å². The van der Waals surface area contributed by atoms with Crippen LogP contribution in [0.25, 0.3) is 44.5 Å². The summed E-state index contributed by atoms with van der Waals surface area (Å²) in [6, 6.07) is 14.2. The van der Waals surface area contributed by atoms with Gasteiger partial charge < -0.3 is 8.83 Å². The molecule has 0 atom stereocenters. The molecule has 0 bridgehead atoms. The SMILES string of the molecule is CN(c1cncc(-c2ccc3oc(=O)n(C)c3c2)c1)S(=O)(=O)C1CC1.Cn1c(=O)oc2ccc(-c3cncc(NS(=O)(=O)C4CC4)c3)cc21. The second kappa shape index (κ2) is 12.0. The fourth-order valence-corrected chi connectivity index (χ4v) is 8.32. The Labute approximate surface area is 280 Å². The van der Waals surface area contributed by atoms with E-state index in [0.29, 0.717) is 59.3 Å². The summed E-state index contributed by atoms with van der Waals surface area (Å²) in [7, 11) is -1.82. The van der Waals surface area contributed by atoms with Crippen LogP contribution in [0.4, 0.5) is 11.4 Å². The number of nitrogens with zero attached hydrogens (tertiary/aromatic N) is 5. The van der Waals surface area contributed by atoms with E-state index in [2.05, 4.69) is 14.7 Å². The van der Waals surface area contributed by atoms with Crippen molar-refractivity contribution in [2.24, 2.45) is 14.1 Å². The molecular formula is C33H32N6O8S2. The maximum Gasteiger partial charge on any atom is 0.419 e. The van der Waals surface area contributed by atoms with E-state index in [9.17, 15) is 26.4 Å². The van der Waals surface area contributed by atoms with Gasteiger partial charge in [-0.3, -0.25) is 28.1 Å². The lowest BCUT2D eigenvalue weighted by atomic mass is 10.1. The molecule has 0 aliphatic heterocycles. The zero-order valence-corrected chi connectivity index (χ0v) is 28.4. The summed E-state index contributed by atoms with van der Waals surface area (Å²) >= 11 is 0. The van der Waals surface area contributed by atoms with Crippen LogP contribution in [0.15, 0.2) is 91.7 Å². The molecule has 8 rings (SSSR count). The highest BCUT2D eigenvalue weighted by Crippen LogP contribution is 2.34. The minimum atomic E-state index is -3.33. The van der Waals surface area contributed by atoms with Crippen LogP contribution in [-0.2, 0) is 34.1 Å². The monoisotopic (exact) mass is 704 g/mol. The molecule has 2 aliphatic carbocycles. The summed E-state index contributed by atoms with van der Waals surface area (Å²) in [4.78, 5) is 31.5. The lowest BCUT2D eigenvalue weighted by Crippen LogP contribution is -2.29. The molecular weight excluding hydrogens is 673 g/mol. The Bertz CT molecular complexity index is 2580. The van der Waals surface area contributed by atoms with Crippen LogP contribution < -0.4 is 20.5 Å². The number of hydrogen-bond acceptors (Lipinski definition) is 10. The molecule has 2 saturated carbocycles. The zero-order chi connectivity index (χ0) is 34.7. The Balaban J connectivity index is 0.000000154. The molecule has 2 aliphatic rings. The molecule has 6 aromatic rings. The van der Waals surface area contributed by atoms with Gasteiger partial charge in [-0.1, -0.05) is 12.1 Å². The molecule has 0 unspecified atom stereocenters. The number of benzene rings is 2. The van der Waals surface area contributed by atoms with Crippen molar-refractivity contribution in [3.8, 4) is 22.3 Å². The molecule has 49 heavy (non-hydrogen) atoms. The van der Waals surface area contributed by atoms with Crippen LogP contribution in [0.3, 0.4) is 0 Å². The Hall–Kier alpha value is -5.22. The van der Waals surface area contributed by atoms with Crippen molar-refractivity contribution >= 4 is 53.6 Å². The van der Waals surface area contributed by atoms with Crippen molar-refractivity contribution in [3.05, 3.63) is 94.4 Å². The normalized spacial score (nSPS) is 14.8. The Kier molecular flexibility index (Phi) is 7.94. The summed E-state index contributed by atoms with van der Waals surface area (Å²) in [5.74, 6) is -0.847. The summed E-state index contributed by atoms with van der Waals surface area (Å²) in [5.41, 5.74) is 6.47. The summed E-state index contributed by atoms with van der Waals surface area (Å²) in [6.45, 7) is 0. The largest absolute Gasteiger partial charge is 0.419 e. The molecule has 2 fully saturated rings. The molecule has 0 amide bonds. The molecule has 16 heteroatoms. The second-order valence-electron chi connectivity index (χ2n) is 12.2. The third-order valence-corrected chi connectivity index (χ3v) is 12.8. The van der Waals surface area contributed by atoms with E-state index < -0.39 is 31.6 Å². The zero-order valence-electron chi connectivity index (χ0n) is 26.7. The third-order valence-electron chi connectivity index (χ3n) is 8.63. The fraction of sp³-hybridized carbons (Fsp3) is 0.273. The number of aryl methyl sites for hydroxylation is 2. The van der Waals surface area contributed by atoms with Crippen molar-refractivity contribution in [1.29, 1.82) is 0 Å². The maximum absolute atomic E-state index is 12.4. The highest BCUT2D eigenvalue weighted by Gasteiger charge is 2.39. The molecule has 14 nitrogen and oxygen atoms in total. The van der Waals surface area contributed by atoms with Crippen LogP contribution in [0.2, 0.25) is 0 Å². The number of pyridine rings is 2. The van der Waals surface area contributed by atoms with Gasteiger partial charge in [0.05, 0.1) is 45.3 Å². The van der Waals surface area contributed by atoms with E-state index in [1.807, 2.05) is 24.3 Å². The number of rotatable bonds is 8. The Morgan fingerprint density at radius 2 is 1.20 bits per heavy atom. The highest BCUT2D eigenvalue weighted by molar-refractivity contribution is 7.93. The van der Waals surface area contributed by atoms with Crippen molar-refractivity contribution in [3.63, 3.8) is 0 Å². The minimum absolute atomic E-state index is 0.280. The van der Waals surface area contributed by atoms with Gasteiger partial charge in [0.1, 0.15) is 0 Å². The molecule has 0 saturated heterocycles. The number of sulfonamides is 2. The highest BCUT2D eigenvalue weighted by atomic mass is 32.2. The average molecular weight is 705 g/mol. The predicted molar refractivity (Wildman–Crippen MR) is 185 cm³/mol. The van der Waals surface area contributed by atoms with Crippen molar-refractivity contribution in [2.45, 2.75) is 36.2 Å². The van der Waals surface area contributed by atoms with Crippen molar-refractivity contribution < 1.29 is 25.7 Å². The van der Waals surface area contributed by atoms with E-state index >= 15 is 0 Å². The fourth-order valence-electron chi connectivity index (χ4n) is 5.39. The first kappa shape index (κ1) is 32.3. The van der Waals surface area contributed by atoms with Crippen LogP contribution in [0.5, 0.6) is 0 Å². The lowest BCUT2D eigenvalue weighted by Gasteiger charge is -2.19. The van der Waals surface area contributed by atoms with E-state index in [-0.39, 0.29) is 10.5 Å². The average Bonchev–Trinajstić information content (AvgIpc) is 4.02. The lowest BCUT2D eigenvalue weighted by molar-refractivity contribution is 0.528. The number of nitrogens with one attached hydrogen (secondary N) is 1. The molecule has 2 aromatic carbocycles. The molecule has 0 radical (unpaired) electrons. The topological polar surface area (TPSA) is 180 Å². The molecule has 0 spiro atoms. The number of anilines is 2. The van der Waals surface area contributed by atoms with Crippen LogP contribution in [0.1, 0.15) is 25.7 Å². The Morgan fingerprint density at radius 3 is 1.73 bits per heavy atom. The van der Waals surface area contributed by atoms with E-state index in [4.69, 9.17) is 8.83 Å². The number of fused-ring (bicyclic) bond motifs is 2. The van der Waals surface area contributed by atoms with Gasteiger partial charge in [0.2, 0.25) is 20.0 Å². The Morgan fingerprint density at radius 1 is 0.694 bits per heavy atom. The van der Waals surface area contributed by atoms with Gasteiger partial charge >= 0.3 is 11.5 Å². The minimum Gasteiger partial charge on any atom is -0.408 e. The first-order chi connectivity index (χ1) is 23.3. The molecule has 4 aromatic heterocycles. The number of aromatic nitrogens is 4. The third kappa shape index (κ3) is 6.36. The van der Waals surface area contributed by atoms with Crippen molar-refractivity contribution in [2.75, 3.05) is 16.1 Å². The molecule has 1 N–H and O–H groups in total. The van der Waals surface area contributed by atoms with E-state index in [1.54, 1.807) is 57.8 Å². The van der Waals surface area contributed by atoms with Gasteiger partial charge in [0.25, 0.3) is 0 Å². The van der Waals surface area contributed by atoms with Crippen molar-refractivity contribution in [1.82, 2.24) is 19.1 Å². The predicted octanol–water partition coefficient (Wildman–Crippen LogP) is 4.22. The second-order valence-corrected chi connectivity index (χ2v) is 16.4. The quantitative estimate of drug-likeness (QED) is 0.241. The molecule has 254 valence electrons. The first-order valence-electron chi connectivity index (χ1n) is 15.4. The van der Waals surface area contributed by atoms with E-state index in [1.165, 1.54) is 25.8 Å². The maximum atomic E-state index is 12.4. The van der Waals surface area contributed by atoms with Crippen LogP contribution in [-0.4, -0.2) is 53.5 Å². The smallest absolute Gasteiger partial charge is 0.408 e. The van der Waals surface area contributed by atoms with Gasteiger partial charge in [0.15, 0.2) is 11.2 Å². The van der Waals surface area contributed by atoms with Gasteiger partial charge in [-0.15, -0.1) is 0 Å². The number of oxazole rings is 2. The molecule has 4 heterocycles. The van der Waals surface area contributed by atoms with E-state index in [0.717, 1.165) is 22.3 Å². The summed E-state index contributed by atoms with van der Waals surface area (Å²) < 4.78 is 65.9. The summed E-state index contributed by atoms with van der Waals surface area (Å²) in [5, 5.41) is -0.573. The summed E-state index contributed by atoms with van der Waals surface area (Å²) in [6.07, 6.45) is 9.16. The first-order valence-corrected chi connectivity index (χ1v) is 18.5. The number of hydrogen-bond donors (Lipinski definition) is 1. The van der Waals surface area contributed by atoms with Crippen LogP contribution in [0, 0.1) is 0 Å².